The van der Waals surface area contributed by atoms with Crippen LogP contribution in [0.1, 0.15) is 30.5 Å². The van der Waals surface area contributed by atoms with Gasteiger partial charge < -0.3 is 18.6 Å². The molecule has 1 amide bonds. The van der Waals surface area contributed by atoms with E-state index in [0.717, 1.165) is 23.1 Å². The van der Waals surface area contributed by atoms with Crippen molar-refractivity contribution in [2.24, 2.45) is 5.92 Å². The fourth-order valence-corrected chi connectivity index (χ4v) is 5.57. The van der Waals surface area contributed by atoms with Gasteiger partial charge in [-0.25, -0.2) is 4.79 Å². The summed E-state index contributed by atoms with van der Waals surface area (Å²) in [7, 11) is 0. The molecule has 0 saturated carbocycles. The van der Waals surface area contributed by atoms with Crippen LogP contribution in [0.2, 0.25) is 0 Å². The molecule has 166 valence electrons. The van der Waals surface area contributed by atoms with E-state index in [2.05, 4.69) is 15.9 Å². The number of ether oxygens (including phenoxy) is 1. The first-order valence-electron chi connectivity index (χ1n) is 10.8. The number of rotatable bonds is 4. The molecule has 2 bridgehead atoms. The molecule has 2 atom stereocenters. The minimum absolute atomic E-state index is 0.0292. The van der Waals surface area contributed by atoms with Gasteiger partial charge in [0.25, 0.3) is 11.5 Å². The average molecular weight is 499 g/mol. The summed E-state index contributed by atoms with van der Waals surface area (Å²) in [5.74, 6) is 0.831. The molecule has 1 aromatic carbocycles. The lowest BCUT2D eigenvalue weighted by molar-refractivity contribution is -0.136. The van der Waals surface area contributed by atoms with Gasteiger partial charge in [-0.05, 0) is 58.5 Å². The average Bonchev–Trinajstić information content (AvgIpc) is 2.79. The van der Waals surface area contributed by atoms with Crippen LogP contribution in [0.4, 0.5) is 0 Å². The molecule has 2 aliphatic rings. The highest BCUT2D eigenvalue weighted by atomic mass is 79.9. The zero-order chi connectivity index (χ0) is 22.4. The SMILES string of the molecule is CCc1c(Br)c(=O)oc2cc(OCC(=O)N3C[C@H]4C[C@@H](C3)c3cccc(=O)n3C4)ccc12. The Balaban J connectivity index is 1.30. The lowest BCUT2D eigenvalue weighted by atomic mass is 9.83. The van der Waals surface area contributed by atoms with Crippen molar-refractivity contribution in [1.29, 1.82) is 0 Å². The van der Waals surface area contributed by atoms with Crippen LogP contribution in [0.5, 0.6) is 5.75 Å². The molecule has 0 unspecified atom stereocenters. The first kappa shape index (κ1) is 21.0. The highest BCUT2D eigenvalue weighted by Crippen LogP contribution is 2.35. The fraction of sp³-hybridized carbons (Fsp3) is 0.375. The normalized spacial score (nSPS) is 19.6. The van der Waals surface area contributed by atoms with Gasteiger partial charge in [-0.1, -0.05) is 13.0 Å². The summed E-state index contributed by atoms with van der Waals surface area (Å²) in [5, 5.41) is 0.843. The van der Waals surface area contributed by atoms with Gasteiger partial charge in [-0.3, -0.25) is 9.59 Å². The summed E-state index contributed by atoms with van der Waals surface area (Å²) in [5.41, 5.74) is 1.94. The standard InChI is InChI=1S/C24H23BrN2O5/c1-2-17-18-7-6-16(9-20(18)32-24(30)23(17)25)31-13-22(29)26-10-14-8-15(12-26)19-4-3-5-21(28)27(19)11-14/h3-7,9,14-15H,2,8,10-13H2,1H3/t14-,15+/m1/s1. The number of hydrogen-bond donors (Lipinski definition) is 0. The number of aromatic nitrogens is 1. The summed E-state index contributed by atoms with van der Waals surface area (Å²) in [6.45, 7) is 3.75. The molecule has 1 saturated heterocycles. The monoisotopic (exact) mass is 498 g/mol. The van der Waals surface area contributed by atoms with E-state index in [4.69, 9.17) is 9.15 Å². The number of carbonyl (C=O) groups excluding carboxylic acids is 1. The first-order chi connectivity index (χ1) is 15.4. The molecule has 0 aliphatic carbocycles. The van der Waals surface area contributed by atoms with E-state index >= 15 is 0 Å². The summed E-state index contributed by atoms with van der Waals surface area (Å²) >= 11 is 3.30. The van der Waals surface area contributed by atoms with Crippen LogP contribution in [-0.4, -0.2) is 35.1 Å². The summed E-state index contributed by atoms with van der Waals surface area (Å²) < 4.78 is 13.4. The summed E-state index contributed by atoms with van der Waals surface area (Å²) in [4.78, 5) is 39.0. The van der Waals surface area contributed by atoms with E-state index in [9.17, 15) is 14.4 Å². The lowest BCUT2D eigenvalue weighted by Crippen LogP contribution is -2.50. The number of carbonyl (C=O) groups is 1. The molecule has 0 radical (unpaired) electrons. The van der Waals surface area contributed by atoms with Crippen molar-refractivity contribution in [1.82, 2.24) is 9.47 Å². The van der Waals surface area contributed by atoms with Crippen LogP contribution in [-0.2, 0) is 17.8 Å². The third-order valence-corrected chi connectivity index (χ3v) is 7.28. The van der Waals surface area contributed by atoms with Crippen molar-refractivity contribution in [3.05, 3.63) is 72.9 Å². The van der Waals surface area contributed by atoms with Gasteiger partial charge in [0, 0.05) is 48.8 Å². The lowest BCUT2D eigenvalue weighted by Gasteiger charge is -2.42. The first-order valence-corrected chi connectivity index (χ1v) is 11.6. The number of benzene rings is 1. The maximum Gasteiger partial charge on any atom is 0.350 e. The Hall–Kier alpha value is -2.87. The molecule has 4 heterocycles. The topological polar surface area (TPSA) is 81.8 Å². The van der Waals surface area contributed by atoms with Crippen molar-refractivity contribution in [2.45, 2.75) is 32.2 Å². The smallest absolute Gasteiger partial charge is 0.350 e. The van der Waals surface area contributed by atoms with Crippen LogP contribution in [0.25, 0.3) is 11.0 Å². The van der Waals surface area contributed by atoms with Gasteiger partial charge in [0.2, 0.25) is 0 Å². The largest absolute Gasteiger partial charge is 0.484 e. The van der Waals surface area contributed by atoms with E-state index in [-0.39, 0.29) is 29.9 Å². The number of halogens is 1. The maximum absolute atomic E-state index is 12.9. The quantitative estimate of drug-likeness (QED) is 0.515. The number of pyridine rings is 1. The molecule has 8 heteroatoms. The molecule has 5 rings (SSSR count). The van der Waals surface area contributed by atoms with Gasteiger partial charge in [0.15, 0.2) is 6.61 Å². The van der Waals surface area contributed by atoms with E-state index in [0.29, 0.717) is 41.9 Å². The van der Waals surface area contributed by atoms with Crippen molar-refractivity contribution in [3.8, 4) is 5.75 Å². The van der Waals surface area contributed by atoms with Crippen LogP contribution in [0, 0.1) is 5.92 Å². The van der Waals surface area contributed by atoms with Gasteiger partial charge >= 0.3 is 5.63 Å². The van der Waals surface area contributed by atoms with E-state index < -0.39 is 5.63 Å². The summed E-state index contributed by atoms with van der Waals surface area (Å²) in [6, 6.07) is 10.7. The van der Waals surface area contributed by atoms with Gasteiger partial charge in [0.1, 0.15) is 15.8 Å². The molecule has 0 N–H and O–H groups in total. The molecule has 2 aromatic heterocycles. The molecule has 3 aromatic rings. The molecule has 32 heavy (non-hydrogen) atoms. The Bertz CT molecular complexity index is 1330. The van der Waals surface area contributed by atoms with Crippen LogP contribution in [0.3, 0.4) is 0 Å². The van der Waals surface area contributed by atoms with Crippen molar-refractivity contribution >= 4 is 32.8 Å². The number of likely N-dealkylation sites (tertiary alicyclic amines) is 1. The van der Waals surface area contributed by atoms with Gasteiger partial charge in [-0.2, -0.15) is 0 Å². The fourth-order valence-electron chi connectivity index (χ4n) is 4.99. The predicted octanol–water partition coefficient (Wildman–Crippen LogP) is 3.30. The van der Waals surface area contributed by atoms with E-state index in [1.165, 1.54) is 0 Å². The minimum atomic E-state index is -0.429. The second-order valence-electron chi connectivity index (χ2n) is 8.48. The van der Waals surface area contributed by atoms with Crippen molar-refractivity contribution in [3.63, 3.8) is 0 Å². The summed E-state index contributed by atoms with van der Waals surface area (Å²) in [6.07, 6.45) is 1.68. The molecule has 0 spiro atoms. The maximum atomic E-state index is 12.9. The van der Waals surface area contributed by atoms with Crippen LogP contribution >= 0.6 is 15.9 Å². The number of aryl methyl sites for hydroxylation is 1. The minimum Gasteiger partial charge on any atom is -0.484 e. The van der Waals surface area contributed by atoms with E-state index in [1.807, 2.05) is 28.5 Å². The highest BCUT2D eigenvalue weighted by molar-refractivity contribution is 9.10. The number of hydrogen-bond acceptors (Lipinski definition) is 5. The highest BCUT2D eigenvalue weighted by Gasteiger charge is 2.36. The number of piperidine rings is 1. The Morgan fingerprint density at radius 3 is 2.84 bits per heavy atom. The Morgan fingerprint density at radius 1 is 1.19 bits per heavy atom. The number of amides is 1. The van der Waals surface area contributed by atoms with E-state index in [1.54, 1.807) is 24.3 Å². The zero-order valence-corrected chi connectivity index (χ0v) is 19.3. The third-order valence-electron chi connectivity index (χ3n) is 6.47. The van der Waals surface area contributed by atoms with Crippen molar-refractivity contribution < 1.29 is 13.9 Å². The van der Waals surface area contributed by atoms with Crippen LogP contribution < -0.4 is 15.9 Å². The Labute approximate surface area is 192 Å². The molecule has 2 aliphatic heterocycles. The van der Waals surface area contributed by atoms with Crippen LogP contribution in [0.15, 0.2) is 54.9 Å². The third kappa shape index (κ3) is 3.66. The Kier molecular flexibility index (Phi) is 5.41. The molecular formula is C24H23BrN2O5. The van der Waals surface area contributed by atoms with Gasteiger partial charge in [-0.15, -0.1) is 0 Å². The second-order valence-corrected chi connectivity index (χ2v) is 9.27. The predicted molar refractivity (Wildman–Crippen MR) is 123 cm³/mol. The van der Waals surface area contributed by atoms with Crippen molar-refractivity contribution in [2.75, 3.05) is 19.7 Å². The van der Waals surface area contributed by atoms with Gasteiger partial charge in [0.05, 0.1) is 0 Å². The molecule has 1 fully saturated rings. The Morgan fingerprint density at radius 2 is 2.03 bits per heavy atom. The molecular weight excluding hydrogens is 476 g/mol. The second kappa shape index (κ2) is 8.24. The number of nitrogens with zero attached hydrogens (tertiary/aromatic N) is 2. The zero-order valence-electron chi connectivity index (χ0n) is 17.7. The molecule has 7 nitrogen and oxygen atoms in total. The number of fused-ring (bicyclic) bond motifs is 5.